The summed E-state index contributed by atoms with van der Waals surface area (Å²) in [7, 11) is 0. The van der Waals surface area contributed by atoms with Gasteiger partial charge in [-0.2, -0.15) is 0 Å². The Morgan fingerprint density at radius 2 is 1.83 bits per heavy atom. The van der Waals surface area contributed by atoms with E-state index in [4.69, 9.17) is 0 Å². The Morgan fingerprint density at radius 1 is 1.07 bits per heavy atom. The highest BCUT2D eigenvalue weighted by Gasteiger charge is 2.16. The smallest absolute Gasteiger partial charge is 0.269 e. The molecule has 1 aromatic carbocycles. The van der Waals surface area contributed by atoms with Gasteiger partial charge in [0.1, 0.15) is 9.88 Å². The van der Waals surface area contributed by atoms with E-state index in [1.165, 1.54) is 40.6 Å². The van der Waals surface area contributed by atoms with E-state index >= 15 is 0 Å². The molecule has 4 aromatic rings. The van der Waals surface area contributed by atoms with Crippen LogP contribution in [0.15, 0.2) is 46.0 Å². The van der Waals surface area contributed by atoms with Gasteiger partial charge in [0.25, 0.3) is 5.91 Å². The Labute approximate surface area is 186 Å². The zero-order valence-electron chi connectivity index (χ0n) is 15.0. The van der Waals surface area contributed by atoms with Crippen molar-refractivity contribution in [3.8, 4) is 11.3 Å². The zero-order chi connectivity index (χ0) is 20.4. The van der Waals surface area contributed by atoms with Crippen LogP contribution in [-0.2, 0) is 6.42 Å². The molecule has 0 unspecified atom stereocenters. The minimum atomic E-state index is -0.302. The van der Waals surface area contributed by atoms with E-state index in [-0.39, 0.29) is 18.1 Å². The maximum atomic E-state index is 12.6. The molecule has 10 heteroatoms. The standard InChI is InChI=1S/C19H13BrN4O2S3/c1-10-2-4-11(5-3-10)12-9-27-16(23-12)6-13(25)14-7-22-19(29-14)24-17(26)15-8-21-18(20)28-15/h2-5,7-9H,6H2,1H3,(H,22,24,26). The number of ketones is 1. The van der Waals surface area contributed by atoms with E-state index in [2.05, 4.69) is 36.2 Å². The van der Waals surface area contributed by atoms with Crippen molar-refractivity contribution in [2.24, 2.45) is 0 Å². The molecule has 3 heterocycles. The van der Waals surface area contributed by atoms with Crippen molar-refractivity contribution in [2.75, 3.05) is 5.32 Å². The van der Waals surface area contributed by atoms with E-state index in [9.17, 15) is 9.59 Å². The van der Waals surface area contributed by atoms with Crippen LogP contribution < -0.4 is 5.32 Å². The van der Waals surface area contributed by atoms with Crippen molar-refractivity contribution in [2.45, 2.75) is 13.3 Å². The molecule has 0 radical (unpaired) electrons. The molecule has 3 aromatic heterocycles. The number of halogens is 1. The molecule has 146 valence electrons. The first-order valence-corrected chi connectivity index (χ1v) is 11.7. The summed E-state index contributed by atoms with van der Waals surface area (Å²) in [5.41, 5.74) is 3.09. The molecule has 1 N–H and O–H groups in total. The number of hydrogen-bond donors (Lipinski definition) is 1. The predicted molar refractivity (Wildman–Crippen MR) is 120 cm³/mol. The molecule has 4 rings (SSSR count). The van der Waals surface area contributed by atoms with E-state index in [1.54, 1.807) is 0 Å². The lowest BCUT2D eigenvalue weighted by molar-refractivity contribution is 0.0994. The van der Waals surface area contributed by atoms with Gasteiger partial charge in [0.05, 0.1) is 29.4 Å². The number of rotatable bonds is 6. The van der Waals surface area contributed by atoms with Crippen LogP contribution in [0.2, 0.25) is 0 Å². The van der Waals surface area contributed by atoms with Gasteiger partial charge in [-0.25, -0.2) is 15.0 Å². The molecule has 0 atom stereocenters. The normalized spacial score (nSPS) is 10.8. The number of carbonyl (C=O) groups is 2. The number of thiazole rings is 3. The van der Waals surface area contributed by atoms with Crippen LogP contribution in [-0.4, -0.2) is 26.6 Å². The topological polar surface area (TPSA) is 84.8 Å². The molecular formula is C19H13BrN4O2S3. The highest BCUT2D eigenvalue weighted by atomic mass is 79.9. The van der Waals surface area contributed by atoms with Crippen LogP contribution in [0.25, 0.3) is 11.3 Å². The van der Waals surface area contributed by atoms with Crippen LogP contribution in [0.4, 0.5) is 5.13 Å². The van der Waals surface area contributed by atoms with Crippen molar-refractivity contribution >= 4 is 66.8 Å². The van der Waals surface area contributed by atoms with E-state index in [0.29, 0.717) is 18.8 Å². The second-order valence-corrected chi connectivity index (χ2v) is 10.3. The predicted octanol–water partition coefficient (Wildman–Crippen LogP) is 5.47. The number of amides is 1. The van der Waals surface area contributed by atoms with Crippen LogP contribution >= 0.6 is 49.9 Å². The summed E-state index contributed by atoms with van der Waals surface area (Å²) in [6.45, 7) is 2.04. The minimum absolute atomic E-state index is 0.0756. The molecule has 0 spiro atoms. The lowest BCUT2D eigenvalue weighted by Gasteiger charge is -1.98. The van der Waals surface area contributed by atoms with Crippen LogP contribution in [0, 0.1) is 6.92 Å². The molecule has 6 nitrogen and oxygen atoms in total. The lowest BCUT2D eigenvalue weighted by Crippen LogP contribution is -2.09. The molecule has 0 bridgehead atoms. The maximum absolute atomic E-state index is 12.6. The number of benzene rings is 1. The van der Waals surface area contributed by atoms with Crippen LogP contribution in [0.5, 0.6) is 0 Å². The number of nitrogens with zero attached hydrogens (tertiary/aromatic N) is 3. The molecule has 0 aliphatic heterocycles. The number of aryl methyl sites for hydroxylation is 1. The highest BCUT2D eigenvalue weighted by molar-refractivity contribution is 9.11. The molecule has 0 saturated carbocycles. The fourth-order valence-corrected chi connectivity index (χ4v) is 5.16. The number of aromatic nitrogens is 3. The number of Topliss-reactive ketones (excluding diaryl/α,β-unsaturated/α-hetero) is 1. The molecule has 0 aliphatic rings. The summed E-state index contributed by atoms with van der Waals surface area (Å²) in [6, 6.07) is 8.13. The quantitative estimate of drug-likeness (QED) is 0.351. The molecule has 0 aliphatic carbocycles. The van der Waals surface area contributed by atoms with E-state index < -0.39 is 0 Å². The molecule has 0 fully saturated rings. The third kappa shape index (κ3) is 4.84. The first-order valence-electron chi connectivity index (χ1n) is 8.41. The van der Waals surface area contributed by atoms with Gasteiger partial charge in [-0.3, -0.25) is 14.9 Å². The number of carbonyl (C=O) groups excluding carboxylic acids is 2. The second kappa shape index (κ2) is 8.62. The molecular weight excluding hydrogens is 492 g/mol. The van der Waals surface area contributed by atoms with Crippen LogP contribution in [0.1, 0.15) is 29.9 Å². The largest absolute Gasteiger partial charge is 0.297 e. The van der Waals surface area contributed by atoms with Gasteiger partial charge in [-0.05, 0) is 22.9 Å². The van der Waals surface area contributed by atoms with E-state index in [1.807, 2.05) is 36.6 Å². The van der Waals surface area contributed by atoms with Gasteiger partial charge in [0, 0.05) is 10.9 Å². The summed E-state index contributed by atoms with van der Waals surface area (Å²) in [5, 5.41) is 5.78. The highest BCUT2D eigenvalue weighted by Crippen LogP contribution is 2.26. The van der Waals surface area contributed by atoms with Crippen molar-refractivity contribution in [1.82, 2.24) is 15.0 Å². The van der Waals surface area contributed by atoms with Crippen LogP contribution in [0.3, 0.4) is 0 Å². The summed E-state index contributed by atoms with van der Waals surface area (Å²) >= 11 is 7.07. The summed E-state index contributed by atoms with van der Waals surface area (Å²) in [6.07, 6.45) is 3.17. The zero-order valence-corrected chi connectivity index (χ0v) is 19.0. The number of anilines is 1. The first kappa shape index (κ1) is 20.0. The summed E-state index contributed by atoms with van der Waals surface area (Å²) in [4.78, 5) is 38.4. The van der Waals surface area contributed by atoms with E-state index in [0.717, 1.165) is 27.6 Å². The Morgan fingerprint density at radius 3 is 2.55 bits per heavy atom. The maximum Gasteiger partial charge on any atom is 0.269 e. The van der Waals surface area contributed by atoms with Gasteiger partial charge < -0.3 is 0 Å². The molecule has 1 amide bonds. The summed E-state index contributed by atoms with van der Waals surface area (Å²) < 4.78 is 0.631. The average molecular weight is 505 g/mol. The monoisotopic (exact) mass is 504 g/mol. The van der Waals surface area contributed by atoms with Crippen molar-refractivity contribution in [1.29, 1.82) is 0 Å². The van der Waals surface area contributed by atoms with Gasteiger partial charge >= 0.3 is 0 Å². The van der Waals surface area contributed by atoms with Gasteiger partial charge in [0.2, 0.25) is 0 Å². The Hall–Kier alpha value is -2.27. The van der Waals surface area contributed by atoms with Gasteiger partial charge in [-0.15, -0.1) is 22.7 Å². The first-order chi connectivity index (χ1) is 14.0. The number of nitrogens with one attached hydrogen (secondary N) is 1. The van der Waals surface area contributed by atoms with Crippen molar-refractivity contribution in [3.63, 3.8) is 0 Å². The van der Waals surface area contributed by atoms with Gasteiger partial charge in [-0.1, -0.05) is 41.2 Å². The Kier molecular flexibility index (Phi) is 5.95. The number of hydrogen-bond acceptors (Lipinski definition) is 8. The summed E-state index contributed by atoms with van der Waals surface area (Å²) in [5.74, 6) is -0.377. The Bertz CT molecular complexity index is 1180. The SMILES string of the molecule is Cc1ccc(-c2csc(CC(=O)c3cnc(NC(=O)c4cnc(Br)s4)s3)n2)cc1. The molecule has 0 saturated heterocycles. The Balaban J connectivity index is 1.40. The van der Waals surface area contributed by atoms with Crippen molar-refractivity contribution < 1.29 is 9.59 Å². The fraction of sp³-hybridized carbons (Fsp3) is 0.105. The third-order valence-corrected chi connectivity index (χ3v) is 7.19. The van der Waals surface area contributed by atoms with Crippen molar-refractivity contribution in [3.05, 3.63) is 66.3 Å². The fourth-order valence-electron chi connectivity index (χ4n) is 2.45. The average Bonchev–Trinajstić information content (AvgIpc) is 3.43. The third-order valence-electron chi connectivity index (χ3n) is 3.91. The van der Waals surface area contributed by atoms with Gasteiger partial charge in [0.15, 0.2) is 14.8 Å². The second-order valence-electron chi connectivity index (χ2n) is 6.05. The minimum Gasteiger partial charge on any atom is -0.297 e. The lowest BCUT2D eigenvalue weighted by atomic mass is 10.1. The molecule has 29 heavy (non-hydrogen) atoms.